The smallest absolute Gasteiger partial charge is 0.223 e. The number of thioether (sulfide) groups is 1. The molecule has 2 heteroatoms. The molecular formula is C8H15NS. The Hall–Kier alpha value is -0.160. The van der Waals surface area contributed by atoms with Crippen LogP contribution in [0.2, 0.25) is 0 Å². The molecule has 0 rings (SSSR count). The van der Waals surface area contributed by atoms with E-state index in [1.54, 1.807) is 0 Å². The van der Waals surface area contributed by atoms with E-state index in [-0.39, 0.29) is 0 Å². The van der Waals surface area contributed by atoms with Crippen molar-refractivity contribution < 1.29 is 0 Å². The van der Waals surface area contributed by atoms with Crippen LogP contribution >= 0.6 is 11.8 Å². The summed E-state index contributed by atoms with van der Waals surface area (Å²) < 4.78 is 0. The highest BCUT2D eigenvalue weighted by molar-refractivity contribution is 7.99. The van der Waals surface area contributed by atoms with Gasteiger partial charge in [0.2, 0.25) is 6.54 Å². The minimum Gasteiger partial charge on any atom is -0.316 e. The van der Waals surface area contributed by atoms with Crippen molar-refractivity contribution in [1.82, 2.24) is 0 Å². The normalized spacial score (nSPS) is 12.5. The molecule has 1 atom stereocenters. The summed E-state index contributed by atoms with van der Waals surface area (Å²) in [5, 5.41) is 0. The lowest BCUT2D eigenvalue weighted by Gasteiger charge is -2.04. The van der Waals surface area contributed by atoms with Crippen molar-refractivity contribution in [3.05, 3.63) is 11.4 Å². The predicted octanol–water partition coefficient (Wildman–Crippen LogP) is 2.68. The first-order valence-electron chi connectivity index (χ1n) is 3.72. The maximum atomic E-state index is 6.54. The van der Waals surface area contributed by atoms with E-state index in [0.717, 1.165) is 11.7 Å². The second-order valence-electron chi connectivity index (χ2n) is 2.47. The fourth-order valence-corrected chi connectivity index (χ4v) is 1.54. The van der Waals surface area contributed by atoms with E-state index >= 15 is 0 Å². The van der Waals surface area contributed by atoms with E-state index in [4.69, 9.17) is 6.57 Å². The Morgan fingerprint density at radius 3 is 2.80 bits per heavy atom. The Morgan fingerprint density at radius 2 is 2.30 bits per heavy atom. The van der Waals surface area contributed by atoms with Crippen molar-refractivity contribution >= 4 is 11.8 Å². The second-order valence-corrected chi connectivity index (χ2v) is 3.62. The molecule has 0 aliphatic heterocycles. The molecule has 0 saturated carbocycles. The highest BCUT2D eigenvalue weighted by atomic mass is 32.2. The highest BCUT2D eigenvalue weighted by Crippen LogP contribution is 2.10. The molecule has 0 aromatic rings. The van der Waals surface area contributed by atoms with E-state index in [2.05, 4.69) is 18.7 Å². The molecule has 0 bridgehead atoms. The summed E-state index contributed by atoms with van der Waals surface area (Å²) in [5.41, 5.74) is 0. The highest BCUT2D eigenvalue weighted by Gasteiger charge is 1.97. The van der Waals surface area contributed by atoms with Gasteiger partial charge in [0, 0.05) is 0 Å². The maximum Gasteiger partial charge on any atom is 0.223 e. The Bertz CT molecular complexity index is 106. The molecule has 58 valence electrons. The van der Waals surface area contributed by atoms with Gasteiger partial charge in [0.05, 0.1) is 5.75 Å². The monoisotopic (exact) mass is 157 g/mol. The Morgan fingerprint density at radius 1 is 1.60 bits per heavy atom. The van der Waals surface area contributed by atoms with Crippen LogP contribution in [0.4, 0.5) is 0 Å². The van der Waals surface area contributed by atoms with Gasteiger partial charge in [-0.3, -0.25) is 0 Å². The topological polar surface area (TPSA) is 4.36 Å². The second kappa shape index (κ2) is 6.95. The van der Waals surface area contributed by atoms with Gasteiger partial charge in [-0.05, 0) is 11.7 Å². The molecule has 0 spiro atoms. The largest absolute Gasteiger partial charge is 0.316 e. The van der Waals surface area contributed by atoms with Gasteiger partial charge in [0.15, 0.2) is 0 Å². The summed E-state index contributed by atoms with van der Waals surface area (Å²) in [5.74, 6) is 3.04. The van der Waals surface area contributed by atoms with Crippen LogP contribution in [0.5, 0.6) is 0 Å². The predicted molar refractivity (Wildman–Crippen MR) is 48.2 cm³/mol. The third kappa shape index (κ3) is 5.97. The van der Waals surface area contributed by atoms with Crippen LogP contribution in [0.15, 0.2) is 0 Å². The van der Waals surface area contributed by atoms with Gasteiger partial charge in [-0.1, -0.05) is 20.3 Å². The van der Waals surface area contributed by atoms with Gasteiger partial charge in [-0.2, -0.15) is 11.8 Å². The molecule has 0 aromatic carbocycles. The van der Waals surface area contributed by atoms with Gasteiger partial charge >= 0.3 is 0 Å². The fourth-order valence-electron chi connectivity index (χ4n) is 0.513. The zero-order chi connectivity index (χ0) is 7.82. The van der Waals surface area contributed by atoms with Gasteiger partial charge in [-0.15, -0.1) is 0 Å². The maximum absolute atomic E-state index is 6.54. The van der Waals surface area contributed by atoms with E-state index in [1.165, 1.54) is 12.2 Å². The van der Waals surface area contributed by atoms with Crippen molar-refractivity contribution in [2.45, 2.75) is 20.3 Å². The molecule has 0 N–H and O–H groups in total. The third-order valence-electron chi connectivity index (χ3n) is 1.45. The molecule has 1 nitrogen and oxygen atoms in total. The molecular weight excluding hydrogens is 142 g/mol. The van der Waals surface area contributed by atoms with Crippen LogP contribution in [-0.4, -0.2) is 18.1 Å². The van der Waals surface area contributed by atoms with Gasteiger partial charge < -0.3 is 4.85 Å². The van der Waals surface area contributed by atoms with E-state index in [0.29, 0.717) is 6.54 Å². The van der Waals surface area contributed by atoms with Crippen LogP contribution in [0.1, 0.15) is 20.3 Å². The Kier molecular flexibility index (Phi) is 6.84. The first-order valence-corrected chi connectivity index (χ1v) is 4.87. The molecule has 0 fully saturated rings. The molecule has 0 amide bonds. The van der Waals surface area contributed by atoms with Crippen LogP contribution in [0, 0.1) is 12.5 Å². The summed E-state index contributed by atoms with van der Waals surface area (Å²) >= 11 is 1.90. The quantitative estimate of drug-likeness (QED) is 0.438. The summed E-state index contributed by atoms with van der Waals surface area (Å²) in [7, 11) is 0. The summed E-state index contributed by atoms with van der Waals surface area (Å²) in [6.07, 6.45) is 1.25. The minimum atomic E-state index is 0.682. The number of nitrogens with zero attached hydrogens (tertiary/aromatic N) is 1. The standard InChI is InChI=1S/C8H15NS/c1-4-8(2)7-10-6-5-9-3/h8H,4-7H2,1-2H3. The van der Waals surface area contributed by atoms with Crippen molar-refractivity contribution in [2.75, 3.05) is 18.1 Å². The van der Waals surface area contributed by atoms with Crippen molar-refractivity contribution in [2.24, 2.45) is 5.92 Å². The molecule has 0 saturated heterocycles. The van der Waals surface area contributed by atoms with Crippen LogP contribution in [0.25, 0.3) is 4.85 Å². The van der Waals surface area contributed by atoms with Crippen LogP contribution in [0.3, 0.4) is 0 Å². The first-order chi connectivity index (χ1) is 4.81. The molecule has 0 heterocycles. The third-order valence-corrected chi connectivity index (χ3v) is 2.72. The van der Waals surface area contributed by atoms with E-state index < -0.39 is 0 Å². The molecule has 0 aromatic heterocycles. The minimum absolute atomic E-state index is 0.682. The van der Waals surface area contributed by atoms with E-state index in [1.807, 2.05) is 11.8 Å². The zero-order valence-corrected chi connectivity index (χ0v) is 7.58. The van der Waals surface area contributed by atoms with Crippen molar-refractivity contribution in [1.29, 1.82) is 0 Å². The number of hydrogen-bond donors (Lipinski definition) is 0. The average Bonchev–Trinajstić information content (AvgIpc) is 1.98. The molecule has 0 radical (unpaired) electrons. The van der Waals surface area contributed by atoms with Gasteiger partial charge in [0.25, 0.3) is 0 Å². The van der Waals surface area contributed by atoms with Crippen LogP contribution in [-0.2, 0) is 0 Å². The van der Waals surface area contributed by atoms with Gasteiger partial charge in [0.1, 0.15) is 0 Å². The molecule has 0 aliphatic rings. The Balaban J connectivity index is 2.98. The fraction of sp³-hybridized carbons (Fsp3) is 0.875. The lowest BCUT2D eigenvalue weighted by molar-refractivity contribution is 0.637. The number of hydrogen-bond acceptors (Lipinski definition) is 1. The SMILES string of the molecule is [C-]#[N+]CCSCC(C)CC. The molecule has 0 aliphatic carbocycles. The summed E-state index contributed by atoms with van der Waals surface area (Å²) in [4.78, 5) is 3.29. The van der Waals surface area contributed by atoms with Crippen molar-refractivity contribution in [3.63, 3.8) is 0 Å². The lowest BCUT2D eigenvalue weighted by Crippen LogP contribution is -1.96. The average molecular weight is 157 g/mol. The molecule has 1 unspecified atom stereocenters. The number of rotatable bonds is 5. The summed E-state index contributed by atoms with van der Waals surface area (Å²) in [6, 6.07) is 0. The zero-order valence-electron chi connectivity index (χ0n) is 6.76. The van der Waals surface area contributed by atoms with Crippen LogP contribution < -0.4 is 0 Å². The van der Waals surface area contributed by atoms with Gasteiger partial charge in [-0.25, -0.2) is 6.57 Å². The van der Waals surface area contributed by atoms with Crippen molar-refractivity contribution in [3.8, 4) is 0 Å². The molecule has 10 heavy (non-hydrogen) atoms. The first kappa shape index (κ1) is 9.84. The summed E-state index contributed by atoms with van der Waals surface area (Å²) in [6.45, 7) is 11.7. The van der Waals surface area contributed by atoms with E-state index in [9.17, 15) is 0 Å². The Labute approximate surface area is 68.0 Å². The lowest BCUT2D eigenvalue weighted by atomic mass is 10.2.